The summed E-state index contributed by atoms with van der Waals surface area (Å²) in [5, 5.41) is 0. The molecule has 0 saturated carbocycles. The zero-order valence-corrected chi connectivity index (χ0v) is 10.7. The van der Waals surface area contributed by atoms with Crippen LogP contribution in [-0.2, 0) is 11.2 Å². The van der Waals surface area contributed by atoms with Crippen LogP contribution in [0.1, 0.15) is 30.9 Å². The summed E-state index contributed by atoms with van der Waals surface area (Å²) >= 11 is 0. The molecule has 1 atom stereocenters. The smallest absolute Gasteiger partial charge is 0.227 e. The van der Waals surface area contributed by atoms with Crippen molar-refractivity contribution in [1.29, 1.82) is 0 Å². The summed E-state index contributed by atoms with van der Waals surface area (Å²) in [7, 11) is 0. The largest absolute Gasteiger partial charge is 0.340 e. The maximum atomic E-state index is 13.3. The van der Waals surface area contributed by atoms with Crippen LogP contribution in [0.5, 0.6) is 0 Å². The topological polar surface area (TPSA) is 20.3 Å². The van der Waals surface area contributed by atoms with Crippen molar-refractivity contribution in [3.63, 3.8) is 0 Å². The molecule has 1 amide bonds. The van der Waals surface area contributed by atoms with Gasteiger partial charge in [-0.05, 0) is 43.0 Å². The molecule has 96 valence electrons. The molecule has 18 heavy (non-hydrogen) atoms. The van der Waals surface area contributed by atoms with Crippen LogP contribution in [-0.4, -0.2) is 23.4 Å². The van der Waals surface area contributed by atoms with Crippen LogP contribution in [0.25, 0.3) is 6.08 Å². The minimum absolute atomic E-state index is 0.0839. The third-order valence-electron chi connectivity index (χ3n) is 3.44. The van der Waals surface area contributed by atoms with Gasteiger partial charge >= 0.3 is 0 Å². The van der Waals surface area contributed by atoms with Gasteiger partial charge in [0.15, 0.2) is 0 Å². The van der Waals surface area contributed by atoms with Crippen molar-refractivity contribution in [3.05, 3.63) is 41.7 Å². The van der Waals surface area contributed by atoms with Crippen molar-refractivity contribution in [1.82, 2.24) is 4.90 Å². The number of carbonyl (C=O) groups is 1. The predicted octanol–water partition coefficient (Wildman–Crippen LogP) is 3.02. The van der Waals surface area contributed by atoms with E-state index in [1.165, 1.54) is 12.1 Å². The Bertz CT molecular complexity index is 470. The highest BCUT2D eigenvalue weighted by Gasteiger charge is 2.24. The van der Waals surface area contributed by atoms with Crippen molar-refractivity contribution in [2.24, 2.45) is 0 Å². The van der Waals surface area contributed by atoms with Crippen molar-refractivity contribution in [2.45, 2.75) is 32.2 Å². The molecule has 1 fully saturated rings. The number of benzene rings is 1. The Balaban J connectivity index is 2.11. The third kappa shape index (κ3) is 2.78. The Morgan fingerprint density at radius 3 is 2.94 bits per heavy atom. The zero-order valence-electron chi connectivity index (χ0n) is 10.7. The first-order chi connectivity index (χ1) is 8.60. The monoisotopic (exact) mass is 247 g/mol. The van der Waals surface area contributed by atoms with Gasteiger partial charge in [0.25, 0.3) is 0 Å². The fraction of sp³-hybridized carbons (Fsp3) is 0.400. The highest BCUT2D eigenvalue weighted by molar-refractivity contribution is 5.79. The minimum atomic E-state index is -0.315. The van der Waals surface area contributed by atoms with E-state index in [0.717, 1.165) is 19.4 Å². The first-order valence-electron chi connectivity index (χ1n) is 6.31. The number of amides is 1. The maximum Gasteiger partial charge on any atom is 0.227 e. The number of carbonyl (C=O) groups excluding carboxylic acids is 1. The Morgan fingerprint density at radius 1 is 1.56 bits per heavy atom. The number of halogens is 1. The van der Waals surface area contributed by atoms with E-state index in [9.17, 15) is 9.18 Å². The first kappa shape index (κ1) is 12.8. The summed E-state index contributed by atoms with van der Waals surface area (Å²) in [6, 6.07) is 4.96. The van der Waals surface area contributed by atoms with E-state index in [2.05, 4.69) is 13.5 Å². The lowest BCUT2D eigenvalue weighted by molar-refractivity contribution is -0.130. The highest BCUT2D eigenvalue weighted by Crippen LogP contribution is 2.19. The Morgan fingerprint density at radius 2 is 2.33 bits per heavy atom. The van der Waals surface area contributed by atoms with Gasteiger partial charge in [-0.2, -0.15) is 0 Å². The van der Waals surface area contributed by atoms with Crippen LogP contribution in [0.15, 0.2) is 24.8 Å². The molecule has 1 aliphatic heterocycles. The molecule has 1 aromatic rings. The second kappa shape index (κ2) is 5.34. The fourth-order valence-corrected chi connectivity index (χ4v) is 2.48. The summed E-state index contributed by atoms with van der Waals surface area (Å²) in [4.78, 5) is 14.0. The molecule has 2 nitrogen and oxygen atoms in total. The summed E-state index contributed by atoms with van der Waals surface area (Å²) in [6.45, 7) is 6.50. The second-order valence-corrected chi connectivity index (χ2v) is 4.85. The van der Waals surface area contributed by atoms with Gasteiger partial charge in [-0.1, -0.05) is 18.7 Å². The standard InChI is InChI=1S/C15H18FNO/c1-3-12-7-13(9-14(16)8-12)10-15(18)17-6-4-5-11(17)2/h3,7-9,11H,1,4-6,10H2,2H3. The Hall–Kier alpha value is -1.64. The molecule has 0 spiro atoms. The van der Waals surface area contributed by atoms with Gasteiger partial charge in [0, 0.05) is 12.6 Å². The highest BCUT2D eigenvalue weighted by atomic mass is 19.1. The molecule has 1 aromatic carbocycles. The summed E-state index contributed by atoms with van der Waals surface area (Å²) < 4.78 is 13.3. The lowest BCUT2D eigenvalue weighted by Crippen LogP contribution is -2.34. The molecule has 2 rings (SSSR count). The number of hydrogen-bond acceptors (Lipinski definition) is 1. The Labute approximate surface area is 107 Å². The van der Waals surface area contributed by atoms with Gasteiger partial charge in [-0.15, -0.1) is 0 Å². The lowest BCUT2D eigenvalue weighted by Gasteiger charge is -2.21. The SMILES string of the molecule is C=Cc1cc(F)cc(CC(=O)N2CCCC2C)c1. The third-order valence-corrected chi connectivity index (χ3v) is 3.44. The van der Waals surface area contributed by atoms with E-state index in [4.69, 9.17) is 0 Å². The van der Waals surface area contributed by atoms with Gasteiger partial charge in [0.1, 0.15) is 5.82 Å². The van der Waals surface area contributed by atoms with E-state index < -0.39 is 0 Å². The van der Waals surface area contributed by atoms with Crippen LogP contribution < -0.4 is 0 Å². The van der Waals surface area contributed by atoms with Crippen molar-refractivity contribution >= 4 is 12.0 Å². The van der Waals surface area contributed by atoms with Crippen molar-refractivity contribution in [3.8, 4) is 0 Å². The molecular weight excluding hydrogens is 229 g/mol. The summed E-state index contributed by atoms with van der Waals surface area (Å²) in [6.07, 6.45) is 3.99. The van der Waals surface area contributed by atoms with Crippen molar-refractivity contribution < 1.29 is 9.18 Å². The molecule has 0 aliphatic carbocycles. The average molecular weight is 247 g/mol. The number of hydrogen-bond donors (Lipinski definition) is 0. The quantitative estimate of drug-likeness (QED) is 0.804. The van der Waals surface area contributed by atoms with Gasteiger partial charge < -0.3 is 4.90 Å². The maximum absolute atomic E-state index is 13.3. The normalized spacial score (nSPS) is 19.0. The molecule has 1 saturated heterocycles. The van der Waals surface area contributed by atoms with E-state index in [-0.39, 0.29) is 18.1 Å². The van der Waals surface area contributed by atoms with E-state index in [0.29, 0.717) is 17.2 Å². The van der Waals surface area contributed by atoms with Gasteiger partial charge in [0.2, 0.25) is 5.91 Å². The predicted molar refractivity (Wildman–Crippen MR) is 70.6 cm³/mol. The van der Waals surface area contributed by atoms with Gasteiger partial charge in [-0.3, -0.25) is 4.79 Å². The van der Waals surface area contributed by atoms with E-state index in [1.54, 1.807) is 6.08 Å². The van der Waals surface area contributed by atoms with Crippen LogP contribution >= 0.6 is 0 Å². The van der Waals surface area contributed by atoms with Crippen LogP contribution in [0, 0.1) is 5.82 Å². The Kier molecular flexibility index (Phi) is 3.80. The number of likely N-dealkylation sites (tertiary alicyclic amines) is 1. The second-order valence-electron chi connectivity index (χ2n) is 4.85. The lowest BCUT2D eigenvalue weighted by atomic mass is 10.1. The van der Waals surface area contributed by atoms with Gasteiger partial charge in [-0.25, -0.2) is 4.39 Å². The molecule has 0 N–H and O–H groups in total. The fourth-order valence-electron chi connectivity index (χ4n) is 2.48. The number of rotatable bonds is 3. The van der Waals surface area contributed by atoms with Crippen LogP contribution in [0.3, 0.4) is 0 Å². The molecule has 0 radical (unpaired) electrons. The molecule has 0 aromatic heterocycles. The van der Waals surface area contributed by atoms with Crippen LogP contribution in [0.2, 0.25) is 0 Å². The molecule has 1 heterocycles. The van der Waals surface area contributed by atoms with Gasteiger partial charge in [0.05, 0.1) is 6.42 Å². The summed E-state index contributed by atoms with van der Waals surface area (Å²) in [5.41, 5.74) is 1.43. The molecule has 1 unspecified atom stereocenters. The van der Waals surface area contributed by atoms with E-state index >= 15 is 0 Å². The molecule has 0 bridgehead atoms. The first-order valence-corrected chi connectivity index (χ1v) is 6.31. The summed E-state index contributed by atoms with van der Waals surface area (Å²) in [5.74, 6) is -0.231. The molecule has 1 aliphatic rings. The van der Waals surface area contributed by atoms with Crippen molar-refractivity contribution in [2.75, 3.05) is 6.54 Å². The van der Waals surface area contributed by atoms with E-state index in [1.807, 2.05) is 11.0 Å². The zero-order chi connectivity index (χ0) is 13.1. The minimum Gasteiger partial charge on any atom is -0.340 e. The molecular formula is C15H18FNO. The van der Waals surface area contributed by atoms with Crippen LogP contribution in [0.4, 0.5) is 4.39 Å². The molecule has 3 heteroatoms. The number of nitrogens with zero attached hydrogens (tertiary/aromatic N) is 1. The average Bonchev–Trinajstić information content (AvgIpc) is 2.74.